The van der Waals surface area contributed by atoms with E-state index in [-0.39, 0.29) is 24.1 Å². The lowest BCUT2D eigenvalue weighted by Crippen LogP contribution is -2.61. The van der Waals surface area contributed by atoms with E-state index in [4.69, 9.17) is 23.1 Å². The molecule has 3 rings (SSSR count). The normalized spacial score (nSPS) is 25.2. The summed E-state index contributed by atoms with van der Waals surface area (Å²) in [6.07, 6.45) is -5.10. The van der Waals surface area contributed by atoms with E-state index in [9.17, 15) is 17.8 Å². The smallest absolute Gasteiger partial charge is 0.368 e. The second-order valence-electron chi connectivity index (χ2n) is 7.59. The first kappa shape index (κ1) is 26.8. The van der Waals surface area contributed by atoms with Gasteiger partial charge in [0.05, 0.1) is 13.2 Å². The van der Waals surface area contributed by atoms with Crippen LogP contribution in [0.4, 0.5) is 0 Å². The first-order valence-corrected chi connectivity index (χ1v) is 12.9. The standard InChI is InChI=1S/C23H28O9S2/c1-16(24)33-15-19-20(32-34(25,26)27)21(29-13-17-9-5-3-6-10-17)22(23(28-2)31-19)30-14-18-11-7-4-8-12-18/h3-12,19-23H,13-15H2,1-2H3,(H,25,26,27)/t19-,20-,21+,22-,23+/m1/s1. The van der Waals surface area contributed by atoms with Gasteiger partial charge in [-0.25, -0.2) is 4.18 Å². The Kier molecular flexibility index (Phi) is 10.0. The number of carbonyl (C=O) groups excluding carboxylic acids is 1. The summed E-state index contributed by atoms with van der Waals surface area (Å²) in [5.74, 6) is 0.0615. The molecule has 5 atom stereocenters. The van der Waals surface area contributed by atoms with Gasteiger partial charge in [-0.1, -0.05) is 72.4 Å². The second kappa shape index (κ2) is 12.8. The number of methoxy groups -OCH3 is 1. The molecule has 0 aromatic heterocycles. The molecule has 1 fully saturated rings. The van der Waals surface area contributed by atoms with Gasteiger partial charge in [0.25, 0.3) is 0 Å². The molecule has 0 aliphatic carbocycles. The Balaban J connectivity index is 1.90. The highest BCUT2D eigenvalue weighted by Crippen LogP contribution is 2.32. The van der Waals surface area contributed by atoms with Crippen LogP contribution in [0.5, 0.6) is 0 Å². The van der Waals surface area contributed by atoms with E-state index >= 15 is 0 Å². The van der Waals surface area contributed by atoms with Gasteiger partial charge in [-0.05, 0) is 11.1 Å². The lowest BCUT2D eigenvalue weighted by Gasteiger charge is -2.44. The molecule has 34 heavy (non-hydrogen) atoms. The van der Waals surface area contributed by atoms with E-state index in [2.05, 4.69) is 0 Å². The van der Waals surface area contributed by atoms with Crippen LogP contribution >= 0.6 is 11.8 Å². The maximum Gasteiger partial charge on any atom is 0.397 e. The summed E-state index contributed by atoms with van der Waals surface area (Å²) in [4.78, 5) is 11.6. The zero-order valence-electron chi connectivity index (χ0n) is 18.8. The van der Waals surface area contributed by atoms with E-state index in [0.29, 0.717) is 0 Å². The maximum absolute atomic E-state index is 11.7. The van der Waals surface area contributed by atoms with Crippen LogP contribution in [0.1, 0.15) is 18.1 Å². The lowest BCUT2D eigenvalue weighted by molar-refractivity contribution is -0.302. The van der Waals surface area contributed by atoms with E-state index in [1.165, 1.54) is 14.0 Å². The Morgan fingerprint density at radius 2 is 1.47 bits per heavy atom. The third-order valence-corrected chi connectivity index (χ3v) is 6.44. The lowest BCUT2D eigenvalue weighted by atomic mass is 9.99. The summed E-state index contributed by atoms with van der Waals surface area (Å²) >= 11 is 0.936. The average molecular weight is 513 g/mol. The highest BCUT2D eigenvalue weighted by atomic mass is 32.3. The Hall–Kier alpha value is -1.83. The van der Waals surface area contributed by atoms with Crippen molar-refractivity contribution in [3.63, 3.8) is 0 Å². The highest BCUT2D eigenvalue weighted by Gasteiger charge is 2.50. The van der Waals surface area contributed by atoms with Crippen LogP contribution in [-0.4, -0.2) is 61.7 Å². The summed E-state index contributed by atoms with van der Waals surface area (Å²) < 4.78 is 61.6. The van der Waals surface area contributed by atoms with Crippen LogP contribution in [0, 0.1) is 0 Å². The van der Waals surface area contributed by atoms with E-state index in [1.807, 2.05) is 60.7 Å². The van der Waals surface area contributed by atoms with Crippen molar-refractivity contribution in [2.24, 2.45) is 0 Å². The van der Waals surface area contributed by atoms with Crippen LogP contribution in [0.25, 0.3) is 0 Å². The number of rotatable bonds is 11. The van der Waals surface area contributed by atoms with Crippen molar-refractivity contribution < 1.29 is 40.9 Å². The van der Waals surface area contributed by atoms with Crippen molar-refractivity contribution in [1.29, 1.82) is 0 Å². The molecule has 9 nitrogen and oxygen atoms in total. The van der Waals surface area contributed by atoms with Gasteiger partial charge in [-0.15, -0.1) is 0 Å². The monoisotopic (exact) mass is 512 g/mol. The van der Waals surface area contributed by atoms with Crippen LogP contribution < -0.4 is 0 Å². The number of benzene rings is 2. The molecule has 1 aliphatic rings. The van der Waals surface area contributed by atoms with Crippen LogP contribution in [-0.2, 0) is 51.5 Å². The van der Waals surface area contributed by atoms with Gasteiger partial charge in [0.1, 0.15) is 24.4 Å². The Bertz CT molecular complexity index is 1000. The minimum atomic E-state index is -4.88. The molecular formula is C23H28O9S2. The van der Waals surface area contributed by atoms with Crippen molar-refractivity contribution in [2.45, 2.75) is 50.8 Å². The zero-order chi connectivity index (χ0) is 24.6. The molecule has 1 aliphatic heterocycles. The summed E-state index contributed by atoms with van der Waals surface area (Å²) in [6.45, 7) is 1.67. The third kappa shape index (κ3) is 8.14. The van der Waals surface area contributed by atoms with Gasteiger partial charge < -0.3 is 18.9 Å². The summed E-state index contributed by atoms with van der Waals surface area (Å²) in [6, 6.07) is 18.6. The van der Waals surface area contributed by atoms with Gasteiger partial charge in [-0.2, -0.15) is 8.42 Å². The van der Waals surface area contributed by atoms with Crippen LogP contribution in [0.15, 0.2) is 60.7 Å². The molecule has 2 aromatic rings. The maximum atomic E-state index is 11.7. The topological polar surface area (TPSA) is 118 Å². The molecule has 1 heterocycles. The van der Waals surface area contributed by atoms with Crippen molar-refractivity contribution >= 4 is 27.3 Å². The SMILES string of the molecule is CO[C@H]1O[C@H](CSC(C)=O)[C@@H](OS(=O)(=O)O)[C@H](OCc2ccccc2)[C@H]1OCc1ccccc1. The van der Waals surface area contributed by atoms with E-state index in [1.54, 1.807) is 0 Å². The Morgan fingerprint density at radius 3 is 1.94 bits per heavy atom. The van der Waals surface area contributed by atoms with Gasteiger partial charge in [0, 0.05) is 19.8 Å². The molecule has 0 radical (unpaired) electrons. The molecule has 0 spiro atoms. The van der Waals surface area contributed by atoms with Crippen molar-refractivity contribution in [3.8, 4) is 0 Å². The molecular weight excluding hydrogens is 484 g/mol. The van der Waals surface area contributed by atoms with Crippen LogP contribution in [0.2, 0.25) is 0 Å². The molecule has 0 bridgehead atoms. The molecule has 186 valence electrons. The largest absolute Gasteiger partial charge is 0.397 e. The number of carbonyl (C=O) groups is 1. The molecule has 2 aromatic carbocycles. The van der Waals surface area contributed by atoms with Gasteiger partial charge in [-0.3, -0.25) is 9.35 Å². The van der Waals surface area contributed by atoms with Crippen molar-refractivity contribution in [3.05, 3.63) is 71.8 Å². The molecule has 0 saturated carbocycles. The van der Waals surface area contributed by atoms with Crippen molar-refractivity contribution in [2.75, 3.05) is 12.9 Å². The minimum absolute atomic E-state index is 0.0615. The quantitative estimate of drug-likeness (QED) is 0.450. The summed E-state index contributed by atoms with van der Waals surface area (Å²) in [5, 5.41) is -0.188. The number of thioether (sulfide) groups is 1. The fourth-order valence-electron chi connectivity index (χ4n) is 3.56. The van der Waals surface area contributed by atoms with E-state index < -0.39 is 41.1 Å². The third-order valence-electron chi connectivity index (χ3n) is 5.08. The minimum Gasteiger partial charge on any atom is -0.368 e. The van der Waals surface area contributed by atoms with E-state index in [0.717, 1.165) is 22.9 Å². The van der Waals surface area contributed by atoms with Crippen molar-refractivity contribution in [1.82, 2.24) is 0 Å². The molecule has 1 saturated heterocycles. The van der Waals surface area contributed by atoms with Gasteiger partial charge in [0.2, 0.25) is 0 Å². The predicted molar refractivity (Wildman–Crippen MR) is 125 cm³/mol. The predicted octanol–water partition coefficient (Wildman–Crippen LogP) is 3.00. The van der Waals surface area contributed by atoms with Gasteiger partial charge in [0.15, 0.2) is 11.4 Å². The fourth-order valence-corrected chi connectivity index (χ4v) is 4.74. The first-order chi connectivity index (χ1) is 16.3. The fraction of sp³-hybridized carbons (Fsp3) is 0.435. The molecule has 0 unspecified atom stereocenters. The average Bonchev–Trinajstić information content (AvgIpc) is 2.81. The molecule has 0 amide bonds. The Morgan fingerprint density at radius 1 is 0.941 bits per heavy atom. The molecule has 11 heteroatoms. The summed E-state index contributed by atoms with van der Waals surface area (Å²) in [5.41, 5.74) is 1.71. The van der Waals surface area contributed by atoms with Crippen LogP contribution in [0.3, 0.4) is 0 Å². The zero-order valence-corrected chi connectivity index (χ0v) is 20.4. The first-order valence-electron chi connectivity index (χ1n) is 10.5. The Labute approximate surface area is 203 Å². The molecule has 1 N–H and O–H groups in total. The number of hydrogen-bond donors (Lipinski definition) is 1. The summed E-state index contributed by atoms with van der Waals surface area (Å²) in [7, 11) is -3.45. The number of ether oxygens (including phenoxy) is 4. The van der Waals surface area contributed by atoms with Gasteiger partial charge >= 0.3 is 10.4 Å². The number of hydrogen-bond acceptors (Lipinski definition) is 9. The highest BCUT2D eigenvalue weighted by molar-refractivity contribution is 8.13. The second-order valence-corrected chi connectivity index (χ2v) is 9.84.